The van der Waals surface area contributed by atoms with E-state index in [0.29, 0.717) is 11.0 Å². The number of hydrogen-bond acceptors (Lipinski definition) is 3. The number of nitrogens with zero attached hydrogens (tertiary/aromatic N) is 1. The van der Waals surface area contributed by atoms with E-state index < -0.39 is 10.0 Å². The van der Waals surface area contributed by atoms with Crippen molar-refractivity contribution in [2.45, 2.75) is 43.4 Å². The van der Waals surface area contributed by atoms with Crippen LogP contribution in [0, 0.1) is 5.92 Å². The number of halogens is 2. The minimum Gasteiger partial charge on any atom is -0.242 e. The van der Waals surface area contributed by atoms with Crippen LogP contribution in [0.5, 0.6) is 0 Å². The molecule has 0 saturated heterocycles. The second-order valence-corrected chi connectivity index (χ2v) is 8.14. The van der Waals surface area contributed by atoms with Gasteiger partial charge in [-0.3, -0.25) is 0 Å². The van der Waals surface area contributed by atoms with Crippen molar-refractivity contribution in [3.8, 4) is 0 Å². The number of hydrogen-bond donors (Lipinski definition) is 1. The second-order valence-electron chi connectivity index (χ2n) is 5.13. The van der Waals surface area contributed by atoms with E-state index in [1.54, 1.807) is 0 Å². The molecule has 0 amide bonds. The van der Waals surface area contributed by atoms with Crippen molar-refractivity contribution in [1.29, 1.82) is 0 Å². The fourth-order valence-corrected chi connectivity index (χ4v) is 4.58. The highest BCUT2D eigenvalue weighted by molar-refractivity contribution is 9.10. The lowest BCUT2D eigenvalue weighted by atomic mass is 10.0. The Hall–Kier alpha value is -0.170. The number of nitrogens with one attached hydrogen (secondary N) is 1. The summed E-state index contributed by atoms with van der Waals surface area (Å²) in [7, 11) is -3.58. The summed E-state index contributed by atoms with van der Waals surface area (Å²) in [5, 5.41) is -0.00325. The largest absolute Gasteiger partial charge is 0.243 e. The Morgan fingerprint density at radius 2 is 2.10 bits per heavy atom. The van der Waals surface area contributed by atoms with Gasteiger partial charge in [0.15, 0.2) is 0 Å². The van der Waals surface area contributed by atoms with Gasteiger partial charge in [-0.2, -0.15) is 0 Å². The lowest BCUT2D eigenvalue weighted by molar-refractivity contribution is 0.480. The Bertz CT molecular complexity index is 559. The molecule has 20 heavy (non-hydrogen) atoms. The van der Waals surface area contributed by atoms with Gasteiger partial charge < -0.3 is 0 Å². The molecule has 2 rings (SSSR count). The van der Waals surface area contributed by atoms with Crippen LogP contribution in [-0.4, -0.2) is 19.9 Å². The molecule has 7 heteroatoms. The number of aromatic nitrogens is 1. The molecule has 0 aromatic carbocycles. The maximum atomic E-state index is 12.1. The van der Waals surface area contributed by atoms with Gasteiger partial charge in [-0.1, -0.05) is 37.3 Å². The second kappa shape index (κ2) is 7.20. The summed E-state index contributed by atoms with van der Waals surface area (Å²) >= 11 is 9.05. The maximum absolute atomic E-state index is 12.1. The topological polar surface area (TPSA) is 59.1 Å². The smallest absolute Gasteiger partial charge is 0.242 e. The zero-order valence-corrected chi connectivity index (χ0v) is 14.3. The summed E-state index contributed by atoms with van der Waals surface area (Å²) in [5.41, 5.74) is 0. The summed E-state index contributed by atoms with van der Waals surface area (Å²) in [6.07, 6.45) is 8.63. The van der Waals surface area contributed by atoms with E-state index in [9.17, 15) is 8.42 Å². The third kappa shape index (κ3) is 4.41. The van der Waals surface area contributed by atoms with Crippen LogP contribution >= 0.6 is 27.5 Å². The van der Waals surface area contributed by atoms with Crippen molar-refractivity contribution < 1.29 is 8.42 Å². The zero-order chi connectivity index (χ0) is 14.6. The molecule has 0 radical (unpaired) electrons. The Kier molecular flexibility index (Phi) is 5.84. The molecule has 1 saturated carbocycles. The van der Waals surface area contributed by atoms with Crippen LogP contribution in [0.4, 0.5) is 0 Å². The predicted molar refractivity (Wildman–Crippen MR) is 83.3 cm³/mol. The van der Waals surface area contributed by atoms with Crippen molar-refractivity contribution in [1.82, 2.24) is 9.71 Å². The van der Waals surface area contributed by atoms with Gasteiger partial charge in [0, 0.05) is 17.2 Å². The van der Waals surface area contributed by atoms with E-state index in [1.807, 2.05) is 0 Å². The first-order chi connectivity index (χ1) is 9.49. The summed E-state index contributed by atoms with van der Waals surface area (Å²) in [5.74, 6) is 0.774. The Morgan fingerprint density at radius 1 is 1.40 bits per heavy atom. The lowest BCUT2D eigenvalue weighted by Gasteiger charge is -2.10. The SMILES string of the molecule is O=S(=O)(NCCCC1CCCC1)c1cc(Br)cnc1Cl. The molecule has 0 unspecified atom stereocenters. The molecule has 4 nitrogen and oxygen atoms in total. The van der Waals surface area contributed by atoms with Gasteiger partial charge in [0.05, 0.1) is 0 Å². The standard InChI is InChI=1S/C13H18BrClN2O2S/c14-11-8-12(13(15)16-9-11)20(18,19)17-7-3-6-10-4-1-2-5-10/h8-10,17H,1-7H2. The minimum atomic E-state index is -3.58. The molecular weight excluding hydrogens is 364 g/mol. The van der Waals surface area contributed by atoms with E-state index in [4.69, 9.17) is 11.6 Å². The van der Waals surface area contributed by atoms with Crippen molar-refractivity contribution in [3.63, 3.8) is 0 Å². The highest BCUT2D eigenvalue weighted by Crippen LogP contribution is 2.28. The molecule has 1 aromatic rings. The van der Waals surface area contributed by atoms with Crippen molar-refractivity contribution in [2.75, 3.05) is 6.54 Å². The summed E-state index contributed by atoms with van der Waals surface area (Å²) in [6.45, 7) is 0.446. The number of rotatable bonds is 6. The van der Waals surface area contributed by atoms with E-state index in [1.165, 1.54) is 37.9 Å². The van der Waals surface area contributed by atoms with Crippen molar-refractivity contribution >= 4 is 37.6 Å². The third-order valence-corrected chi connectivity index (χ3v) is 5.94. The fraction of sp³-hybridized carbons (Fsp3) is 0.615. The summed E-state index contributed by atoms with van der Waals surface area (Å²) in [4.78, 5) is 3.86. The maximum Gasteiger partial charge on any atom is 0.243 e. The molecule has 0 atom stereocenters. The number of sulfonamides is 1. The normalized spacial score (nSPS) is 16.7. The summed E-state index contributed by atoms with van der Waals surface area (Å²) < 4.78 is 27.5. The first kappa shape index (κ1) is 16.2. The van der Waals surface area contributed by atoms with Gasteiger partial charge in [-0.15, -0.1) is 0 Å². The molecule has 1 aromatic heterocycles. The highest BCUT2D eigenvalue weighted by Gasteiger charge is 2.19. The molecule has 0 spiro atoms. The average Bonchev–Trinajstić information content (AvgIpc) is 2.90. The van der Waals surface area contributed by atoms with Gasteiger partial charge in [0.1, 0.15) is 10.0 Å². The van der Waals surface area contributed by atoms with Gasteiger partial charge in [-0.05, 0) is 40.8 Å². The molecule has 0 bridgehead atoms. The van der Waals surface area contributed by atoms with Crippen LogP contribution in [0.2, 0.25) is 5.15 Å². The molecule has 1 fully saturated rings. The average molecular weight is 382 g/mol. The van der Waals surface area contributed by atoms with Crippen LogP contribution in [0.15, 0.2) is 21.6 Å². The highest BCUT2D eigenvalue weighted by atomic mass is 79.9. The van der Waals surface area contributed by atoms with E-state index >= 15 is 0 Å². The molecule has 1 aliphatic rings. The van der Waals surface area contributed by atoms with Gasteiger partial charge in [0.25, 0.3) is 0 Å². The molecule has 1 N–H and O–H groups in total. The Balaban J connectivity index is 1.88. The molecule has 1 aliphatic carbocycles. The molecular formula is C13H18BrClN2O2S. The monoisotopic (exact) mass is 380 g/mol. The van der Waals surface area contributed by atoms with Crippen LogP contribution in [-0.2, 0) is 10.0 Å². The van der Waals surface area contributed by atoms with E-state index in [0.717, 1.165) is 18.8 Å². The first-order valence-corrected chi connectivity index (χ1v) is 9.45. The van der Waals surface area contributed by atoms with Gasteiger partial charge >= 0.3 is 0 Å². The van der Waals surface area contributed by atoms with Crippen molar-refractivity contribution in [2.24, 2.45) is 5.92 Å². The minimum absolute atomic E-state index is 0.00325. The van der Waals surface area contributed by atoms with Crippen molar-refractivity contribution in [3.05, 3.63) is 21.9 Å². The third-order valence-electron chi connectivity index (χ3n) is 3.62. The quantitative estimate of drug-likeness (QED) is 0.603. The van der Waals surface area contributed by atoms with Crippen LogP contribution in [0.1, 0.15) is 38.5 Å². The Labute approximate surface area is 133 Å². The molecule has 0 aliphatic heterocycles. The Morgan fingerprint density at radius 3 is 2.80 bits per heavy atom. The first-order valence-electron chi connectivity index (χ1n) is 6.80. The number of pyridine rings is 1. The van der Waals surface area contributed by atoms with Crippen LogP contribution in [0.3, 0.4) is 0 Å². The predicted octanol–water partition coefficient (Wildman–Crippen LogP) is 3.75. The molecule has 1 heterocycles. The van der Waals surface area contributed by atoms with E-state index in [-0.39, 0.29) is 10.0 Å². The van der Waals surface area contributed by atoms with E-state index in [2.05, 4.69) is 25.6 Å². The summed E-state index contributed by atoms with van der Waals surface area (Å²) in [6, 6.07) is 1.47. The van der Waals surface area contributed by atoms with Crippen LogP contribution < -0.4 is 4.72 Å². The van der Waals surface area contributed by atoms with Gasteiger partial charge in [0.2, 0.25) is 10.0 Å². The van der Waals surface area contributed by atoms with Gasteiger partial charge in [-0.25, -0.2) is 18.1 Å². The van der Waals surface area contributed by atoms with Crippen LogP contribution in [0.25, 0.3) is 0 Å². The fourth-order valence-electron chi connectivity index (χ4n) is 2.57. The lowest BCUT2D eigenvalue weighted by Crippen LogP contribution is -2.25. The molecule has 112 valence electrons. The zero-order valence-electron chi connectivity index (χ0n) is 11.1.